The van der Waals surface area contributed by atoms with E-state index in [9.17, 15) is 9.18 Å². The number of hydrogen-bond donors (Lipinski definition) is 2. The lowest BCUT2D eigenvalue weighted by Crippen LogP contribution is -2.23. The van der Waals surface area contributed by atoms with E-state index in [0.717, 1.165) is 12.8 Å². The van der Waals surface area contributed by atoms with Crippen molar-refractivity contribution in [3.05, 3.63) is 28.0 Å². The Balaban J connectivity index is 2.13. The van der Waals surface area contributed by atoms with Gasteiger partial charge in [-0.05, 0) is 46.3 Å². The SMILES string of the molecule is CC1(CNc2ccc(C(=O)O)c(Br)c2F)CCCC1. The molecule has 0 aliphatic heterocycles. The van der Waals surface area contributed by atoms with Crippen LogP contribution in [0.2, 0.25) is 0 Å². The van der Waals surface area contributed by atoms with Crippen LogP contribution in [0.1, 0.15) is 43.0 Å². The van der Waals surface area contributed by atoms with Crippen LogP contribution in [0.25, 0.3) is 0 Å². The maximum Gasteiger partial charge on any atom is 0.336 e. The highest BCUT2D eigenvalue weighted by atomic mass is 79.9. The molecule has 0 unspecified atom stereocenters. The molecule has 0 bridgehead atoms. The van der Waals surface area contributed by atoms with Crippen molar-refractivity contribution in [2.75, 3.05) is 11.9 Å². The Morgan fingerprint density at radius 1 is 1.47 bits per heavy atom. The zero-order valence-corrected chi connectivity index (χ0v) is 12.4. The highest BCUT2D eigenvalue weighted by Crippen LogP contribution is 2.38. The average Bonchev–Trinajstić information content (AvgIpc) is 2.78. The molecule has 1 aromatic carbocycles. The van der Waals surface area contributed by atoms with Gasteiger partial charge in [-0.15, -0.1) is 0 Å². The van der Waals surface area contributed by atoms with Crippen LogP contribution in [0, 0.1) is 11.2 Å². The predicted octanol–water partition coefficient (Wildman–Crippen LogP) is 4.28. The van der Waals surface area contributed by atoms with E-state index in [2.05, 4.69) is 28.2 Å². The minimum Gasteiger partial charge on any atom is -0.478 e. The van der Waals surface area contributed by atoms with Crippen LogP contribution in [0.3, 0.4) is 0 Å². The summed E-state index contributed by atoms with van der Waals surface area (Å²) in [4.78, 5) is 10.9. The molecule has 1 aromatic rings. The van der Waals surface area contributed by atoms with E-state index in [1.54, 1.807) is 0 Å². The molecule has 19 heavy (non-hydrogen) atoms. The Morgan fingerprint density at radius 3 is 2.68 bits per heavy atom. The van der Waals surface area contributed by atoms with Crippen LogP contribution < -0.4 is 5.32 Å². The van der Waals surface area contributed by atoms with Gasteiger partial charge in [-0.3, -0.25) is 0 Å². The molecule has 1 saturated carbocycles. The summed E-state index contributed by atoms with van der Waals surface area (Å²) in [5.74, 6) is -1.68. The van der Waals surface area contributed by atoms with Crippen LogP contribution in [0.15, 0.2) is 16.6 Å². The molecule has 5 heteroatoms. The van der Waals surface area contributed by atoms with Gasteiger partial charge in [0.05, 0.1) is 15.7 Å². The van der Waals surface area contributed by atoms with Gasteiger partial charge >= 0.3 is 5.97 Å². The Bertz CT molecular complexity index is 498. The molecule has 0 saturated heterocycles. The molecular formula is C14H17BrFNO2. The van der Waals surface area contributed by atoms with Crippen molar-refractivity contribution in [1.29, 1.82) is 0 Å². The second kappa shape index (κ2) is 5.49. The van der Waals surface area contributed by atoms with Crippen molar-refractivity contribution in [3.63, 3.8) is 0 Å². The second-order valence-corrected chi connectivity index (χ2v) is 6.26. The fourth-order valence-electron chi connectivity index (χ4n) is 2.57. The van der Waals surface area contributed by atoms with Crippen molar-refractivity contribution in [2.45, 2.75) is 32.6 Å². The minimum absolute atomic E-state index is 0.00146. The van der Waals surface area contributed by atoms with E-state index >= 15 is 0 Å². The van der Waals surface area contributed by atoms with Gasteiger partial charge in [0.15, 0.2) is 5.82 Å². The summed E-state index contributed by atoms with van der Waals surface area (Å²) < 4.78 is 14.0. The largest absolute Gasteiger partial charge is 0.478 e. The molecule has 0 aromatic heterocycles. The van der Waals surface area contributed by atoms with E-state index in [0.29, 0.717) is 12.2 Å². The summed E-state index contributed by atoms with van der Waals surface area (Å²) >= 11 is 3.00. The molecule has 2 N–H and O–H groups in total. The zero-order valence-electron chi connectivity index (χ0n) is 10.8. The van der Waals surface area contributed by atoms with Gasteiger partial charge in [-0.2, -0.15) is 0 Å². The van der Waals surface area contributed by atoms with Gasteiger partial charge in [-0.1, -0.05) is 19.8 Å². The highest BCUT2D eigenvalue weighted by Gasteiger charge is 2.28. The number of halogens is 2. The summed E-state index contributed by atoms with van der Waals surface area (Å²) in [5.41, 5.74) is 0.504. The quantitative estimate of drug-likeness (QED) is 0.866. The number of hydrogen-bond acceptors (Lipinski definition) is 2. The summed E-state index contributed by atoms with van der Waals surface area (Å²) in [6.07, 6.45) is 4.75. The fraction of sp³-hybridized carbons (Fsp3) is 0.500. The summed E-state index contributed by atoms with van der Waals surface area (Å²) in [7, 11) is 0. The number of carboxylic acids is 1. The first-order valence-electron chi connectivity index (χ1n) is 6.38. The van der Waals surface area contributed by atoms with Crippen LogP contribution in [-0.2, 0) is 0 Å². The Kier molecular flexibility index (Phi) is 4.13. The third-order valence-electron chi connectivity index (χ3n) is 3.83. The first-order chi connectivity index (χ1) is 8.93. The lowest BCUT2D eigenvalue weighted by molar-refractivity contribution is 0.0695. The molecule has 1 fully saturated rings. The lowest BCUT2D eigenvalue weighted by Gasteiger charge is -2.24. The molecule has 3 nitrogen and oxygen atoms in total. The molecule has 0 heterocycles. The Morgan fingerprint density at radius 2 is 2.11 bits per heavy atom. The second-order valence-electron chi connectivity index (χ2n) is 5.47. The standard InChI is InChI=1S/C14H17BrFNO2/c1-14(6-2-3-7-14)8-17-10-5-4-9(13(18)19)11(15)12(10)16/h4-5,17H,2-3,6-8H2,1H3,(H,18,19). The van der Waals surface area contributed by atoms with Crippen molar-refractivity contribution in [1.82, 2.24) is 0 Å². The van der Waals surface area contributed by atoms with E-state index < -0.39 is 11.8 Å². The van der Waals surface area contributed by atoms with Gasteiger partial charge in [0.25, 0.3) is 0 Å². The normalized spacial score (nSPS) is 17.4. The number of benzene rings is 1. The Labute approximate surface area is 120 Å². The number of anilines is 1. The first kappa shape index (κ1) is 14.3. The molecule has 0 atom stereocenters. The molecular weight excluding hydrogens is 313 g/mol. The molecule has 0 amide bonds. The third-order valence-corrected chi connectivity index (χ3v) is 4.60. The predicted molar refractivity (Wildman–Crippen MR) is 76.1 cm³/mol. The zero-order chi connectivity index (χ0) is 14.0. The van der Waals surface area contributed by atoms with Crippen molar-refractivity contribution >= 4 is 27.6 Å². The van der Waals surface area contributed by atoms with Gasteiger partial charge in [0.1, 0.15) is 0 Å². The maximum atomic E-state index is 14.0. The van der Waals surface area contributed by atoms with Gasteiger partial charge in [0.2, 0.25) is 0 Å². The first-order valence-corrected chi connectivity index (χ1v) is 7.17. The number of rotatable bonds is 4. The van der Waals surface area contributed by atoms with Crippen LogP contribution in [0.5, 0.6) is 0 Å². The molecule has 0 spiro atoms. The monoisotopic (exact) mass is 329 g/mol. The Hall–Kier alpha value is -1.10. The van der Waals surface area contributed by atoms with Crippen LogP contribution in [0.4, 0.5) is 10.1 Å². The molecule has 1 aliphatic carbocycles. The topological polar surface area (TPSA) is 49.3 Å². The van der Waals surface area contributed by atoms with E-state index in [-0.39, 0.29) is 15.5 Å². The van der Waals surface area contributed by atoms with E-state index in [1.807, 2.05) is 0 Å². The van der Waals surface area contributed by atoms with Gasteiger partial charge in [-0.25, -0.2) is 9.18 Å². The van der Waals surface area contributed by atoms with Crippen molar-refractivity contribution < 1.29 is 14.3 Å². The number of carbonyl (C=O) groups is 1. The number of aromatic carboxylic acids is 1. The smallest absolute Gasteiger partial charge is 0.336 e. The maximum absolute atomic E-state index is 14.0. The number of nitrogens with one attached hydrogen (secondary N) is 1. The highest BCUT2D eigenvalue weighted by molar-refractivity contribution is 9.10. The molecule has 104 valence electrons. The summed E-state index contributed by atoms with van der Waals surface area (Å²) in [6, 6.07) is 2.90. The van der Waals surface area contributed by atoms with Gasteiger partial charge in [0, 0.05) is 6.54 Å². The molecule has 1 aliphatic rings. The van der Waals surface area contributed by atoms with E-state index in [1.165, 1.54) is 25.0 Å². The van der Waals surface area contributed by atoms with Crippen molar-refractivity contribution in [3.8, 4) is 0 Å². The van der Waals surface area contributed by atoms with Crippen LogP contribution >= 0.6 is 15.9 Å². The summed E-state index contributed by atoms with van der Waals surface area (Å²) in [5, 5.41) is 12.0. The molecule has 0 radical (unpaired) electrons. The van der Waals surface area contributed by atoms with Crippen LogP contribution in [-0.4, -0.2) is 17.6 Å². The van der Waals surface area contributed by atoms with Crippen molar-refractivity contribution in [2.24, 2.45) is 5.41 Å². The van der Waals surface area contributed by atoms with Gasteiger partial charge < -0.3 is 10.4 Å². The lowest BCUT2D eigenvalue weighted by atomic mass is 9.89. The van der Waals surface area contributed by atoms with E-state index in [4.69, 9.17) is 5.11 Å². The fourth-order valence-corrected chi connectivity index (χ4v) is 3.08. The molecule has 2 rings (SSSR count). The third kappa shape index (κ3) is 3.08. The minimum atomic E-state index is -1.14. The summed E-state index contributed by atoms with van der Waals surface area (Å²) in [6.45, 7) is 2.91. The average molecular weight is 330 g/mol. The number of carboxylic acid groups (broad SMARTS) is 1.